The van der Waals surface area contributed by atoms with E-state index in [0.29, 0.717) is 5.56 Å². The quantitative estimate of drug-likeness (QED) is 0.675. The molecule has 106 valence electrons. The highest BCUT2D eigenvalue weighted by Gasteiger charge is 2.19. The summed E-state index contributed by atoms with van der Waals surface area (Å²) in [5.41, 5.74) is 1.39. The predicted molar refractivity (Wildman–Crippen MR) is 77.6 cm³/mol. The van der Waals surface area contributed by atoms with Gasteiger partial charge in [0.1, 0.15) is 11.5 Å². The van der Waals surface area contributed by atoms with Crippen LogP contribution in [0.3, 0.4) is 0 Å². The van der Waals surface area contributed by atoms with Crippen LogP contribution in [0.1, 0.15) is 30.1 Å². The number of hydrogen-bond acceptors (Lipinski definition) is 4. The van der Waals surface area contributed by atoms with Gasteiger partial charge in [-0.1, -0.05) is 36.4 Å². The Kier molecular flexibility index (Phi) is 4.61. The largest absolute Gasteiger partial charge is 0.507 e. The maximum Gasteiger partial charge on any atom is 0.124 e. The first kappa shape index (κ1) is 14.4. The van der Waals surface area contributed by atoms with Gasteiger partial charge in [0.05, 0.1) is 18.2 Å². The zero-order valence-electron chi connectivity index (χ0n) is 11.3. The van der Waals surface area contributed by atoms with Crippen molar-refractivity contribution in [3.63, 3.8) is 0 Å². The molecule has 0 spiro atoms. The van der Waals surface area contributed by atoms with Crippen molar-refractivity contribution in [3.05, 3.63) is 59.7 Å². The molecule has 0 saturated carbocycles. The highest BCUT2D eigenvalue weighted by Crippen LogP contribution is 2.33. The Morgan fingerprint density at radius 3 is 2.10 bits per heavy atom. The number of aliphatic hydroxyl groups excluding tert-OH is 1. The van der Waals surface area contributed by atoms with E-state index in [2.05, 4.69) is 5.32 Å². The molecule has 4 heteroatoms. The summed E-state index contributed by atoms with van der Waals surface area (Å²) >= 11 is 0. The number of rotatable bonds is 5. The van der Waals surface area contributed by atoms with Gasteiger partial charge in [-0.15, -0.1) is 0 Å². The molecular weight excluding hydrogens is 254 g/mol. The van der Waals surface area contributed by atoms with Crippen LogP contribution in [0.4, 0.5) is 0 Å². The van der Waals surface area contributed by atoms with Crippen LogP contribution in [0.15, 0.2) is 48.5 Å². The van der Waals surface area contributed by atoms with E-state index in [1.165, 1.54) is 12.1 Å². The second kappa shape index (κ2) is 6.41. The van der Waals surface area contributed by atoms with Crippen LogP contribution in [0.2, 0.25) is 0 Å². The zero-order chi connectivity index (χ0) is 14.5. The Hall–Kier alpha value is -2.04. The number of benzene rings is 2. The molecule has 0 radical (unpaired) electrons. The van der Waals surface area contributed by atoms with E-state index in [9.17, 15) is 15.3 Å². The van der Waals surface area contributed by atoms with Crippen LogP contribution in [-0.4, -0.2) is 21.9 Å². The van der Waals surface area contributed by atoms with Crippen LogP contribution >= 0.6 is 0 Å². The van der Waals surface area contributed by atoms with Gasteiger partial charge < -0.3 is 20.6 Å². The van der Waals surface area contributed by atoms with E-state index in [4.69, 9.17) is 0 Å². The summed E-state index contributed by atoms with van der Waals surface area (Å²) in [6.07, 6.45) is 0. The summed E-state index contributed by atoms with van der Waals surface area (Å²) in [4.78, 5) is 0. The first-order valence-corrected chi connectivity index (χ1v) is 6.56. The molecule has 0 bridgehead atoms. The molecule has 2 aromatic carbocycles. The Morgan fingerprint density at radius 2 is 1.55 bits per heavy atom. The molecule has 2 aromatic rings. The Bertz CT molecular complexity index is 537. The first-order valence-electron chi connectivity index (χ1n) is 6.56. The van der Waals surface area contributed by atoms with Crippen molar-refractivity contribution >= 4 is 0 Å². The summed E-state index contributed by atoms with van der Waals surface area (Å²) in [6.45, 7) is 1.77. The minimum absolute atomic E-state index is 0.0368. The Labute approximate surface area is 118 Å². The van der Waals surface area contributed by atoms with Crippen molar-refractivity contribution in [2.75, 3.05) is 6.61 Å². The number of phenolic OH excluding ortho intramolecular Hbond substituents is 2. The molecule has 4 nitrogen and oxygen atoms in total. The number of phenols is 2. The van der Waals surface area contributed by atoms with E-state index in [-0.39, 0.29) is 30.2 Å². The fourth-order valence-electron chi connectivity index (χ4n) is 2.31. The van der Waals surface area contributed by atoms with Crippen LogP contribution in [0.25, 0.3) is 0 Å². The van der Waals surface area contributed by atoms with Crippen LogP contribution in [0.5, 0.6) is 11.5 Å². The van der Waals surface area contributed by atoms with Crippen molar-refractivity contribution < 1.29 is 15.3 Å². The maximum absolute atomic E-state index is 9.86. The summed E-state index contributed by atoms with van der Waals surface area (Å²) in [6, 6.07) is 13.7. The first-order chi connectivity index (χ1) is 9.63. The van der Waals surface area contributed by atoms with Gasteiger partial charge in [0.15, 0.2) is 0 Å². The molecule has 20 heavy (non-hydrogen) atoms. The molecule has 0 amide bonds. The van der Waals surface area contributed by atoms with Gasteiger partial charge in [-0.2, -0.15) is 0 Å². The van der Waals surface area contributed by atoms with Crippen molar-refractivity contribution in [2.24, 2.45) is 0 Å². The second-order valence-corrected chi connectivity index (χ2v) is 4.74. The normalized spacial score (nSPS) is 13.9. The van der Waals surface area contributed by atoms with E-state index in [1.807, 2.05) is 37.3 Å². The summed E-state index contributed by atoms with van der Waals surface area (Å²) in [5.74, 6) is 0.0736. The maximum atomic E-state index is 9.86. The highest BCUT2D eigenvalue weighted by molar-refractivity contribution is 5.45. The molecule has 0 saturated heterocycles. The Morgan fingerprint density at radius 1 is 0.950 bits per heavy atom. The molecule has 2 unspecified atom stereocenters. The highest BCUT2D eigenvalue weighted by atomic mass is 16.3. The van der Waals surface area contributed by atoms with Gasteiger partial charge in [0.2, 0.25) is 0 Å². The summed E-state index contributed by atoms with van der Waals surface area (Å²) in [5, 5.41) is 32.4. The topological polar surface area (TPSA) is 72.7 Å². The standard InChI is InChI=1S/C16H19NO3/c1-11(16-14(19)8-5-9-15(16)20)17-13(10-18)12-6-3-2-4-7-12/h2-9,11,13,17-20H,10H2,1H3. The molecule has 0 aliphatic carbocycles. The van der Waals surface area contributed by atoms with Crippen LogP contribution in [0, 0.1) is 0 Å². The van der Waals surface area contributed by atoms with Crippen LogP contribution in [-0.2, 0) is 0 Å². The lowest BCUT2D eigenvalue weighted by molar-refractivity contribution is 0.234. The molecule has 0 aliphatic heterocycles. The molecule has 0 fully saturated rings. The number of nitrogens with one attached hydrogen (secondary N) is 1. The van der Waals surface area contributed by atoms with E-state index < -0.39 is 0 Å². The third-order valence-electron chi connectivity index (χ3n) is 3.33. The molecule has 0 aliphatic rings. The lowest BCUT2D eigenvalue weighted by Gasteiger charge is -2.23. The smallest absolute Gasteiger partial charge is 0.124 e. The minimum atomic E-state index is -0.298. The molecular formula is C16H19NO3. The number of aromatic hydroxyl groups is 2. The number of hydrogen-bond donors (Lipinski definition) is 4. The predicted octanol–water partition coefficient (Wildman–Crippen LogP) is 2.48. The van der Waals surface area contributed by atoms with Crippen molar-refractivity contribution in [2.45, 2.75) is 19.0 Å². The number of aliphatic hydroxyl groups is 1. The van der Waals surface area contributed by atoms with Gasteiger partial charge in [-0.25, -0.2) is 0 Å². The van der Waals surface area contributed by atoms with Gasteiger partial charge in [-0.3, -0.25) is 0 Å². The van der Waals surface area contributed by atoms with Crippen LogP contribution < -0.4 is 5.32 Å². The molecule has 0 heterocycles. The zero-order valence-corrected chi connectivity index (χ0v) is 11.3. The fraction of sp³-hybridized carbons (Fsp3) is 0.250. The lowest BCUT2D eigenvalue weighted by atomic mass is 10.0. The van der Waals surface area contributed by atoms with Crippen molar-refractivity contribution in [3.8, 4) is 11.5 Å². The molecule has 2 rings (SSSR count). The third-order valence-corrected chi connectivity index (χ3v) is 3.33. The molecule has 2 atom stereocenters. The fourth-order valence-corrected chi connectivity index (χ4v) is 2.31. The summed E-state index contributed by atoms with van der Waals surface area (Å²) in [7, 11) is 0. The molecule has 4 N–H and O–H groups in total. The average molecular weight is 273 g/mol. The van der Waals surface area contributed by atoms with E-state index in [0.717, 1.165) is 5.56 Å². The monoisotopic (exact) mass is 273 g/mol. The Balaban J connectivity index is 2.20. The van der Waals surface area contributed by atoms with Gasteiger partial charge >= 0.3 is 0 Å². The summed E-state index contributed by atoms with van der Waals surface area (Å²) < 4.78 is 0. The van der Waals surface area contributed by atoms with E-state index >= 15 is 0 Å². The average Bonchev–Trinajstić information content (AvgIpc) is 2.45. The van der Waals surface area contributed by atoms with E-state index in [1.54, 1.807) is 6.07 Å². The molecule has 0 aromatic heterocycles. The minimum Gasteiger partial charge on any atom is -0.507 e. The van der Waals surface area contributed by atoms with Gasteiger partial charge in [-0.05, 0) is 24.6 Å². The lowest BCUT2D eigenvalue weighted by Crippen LogP contribution is -2.27. The van der Waals surface area contributed by atoms with Crippen molar-refractivity contribution in [1.29, 1.82) is 0 Å². The van der Waals surface area contributed by atoms with Crippen molar-refractivity contribution in [1.82, 2.24) is 5.32 Å². The van der Waals surface area contributed by atoms with Gasteiger partial charge in [0, 0.05) is 6.04 Å². The SMILES string of the molecule is CC(NC(CO)c1ccccc1)c1c(O)cccc1O. The second-order valence-electron chi connectivity index (χ2n) is 4.74. The third kappa shape index (κ3) is 3.10. The van der Waals surface area contributed by atoms with Gasteiger partial charge in [0.25, 0.3) is 0 Å².